The Labute approximate surface area is 128 Å². The molecule has 0 unspecified atom stereocenters. The quantitative estimate of drug-likeness (QED) is 0.438. The number of ether oxygens (including phenoxy) is 1. The minimum absolute atomic E-state index is 0.0440. The van der Waals surface area contributed by atoms with E-state index in [1.165, 1.54) is 6.33 Å². The summed E-state index contributed by atoms with van der Waals surface area (Å²) in [6.07, 6.45) is 1.50. The van der Waals surface area contributed by atoms with Crippen molar-refractivity contribution >= 4 is 36.3 Å². The number of H-pyrrole nitrogens is 1. The lowest BCUT2D eigenvalue weighted by Gasteiger charge is -2.12. The van der Waals surface area contributed by atoms with Gasteiger partial charge in [0.15, 0.2) is 17.0 Å². The first-order chi connectivity index (χ1) is 10.3. The Bertz CT molecular complexity index is 816. The van der Waals surface area contributed by atoms with Crippen LogP contribution in [0.2, 0.25) is 0 Å². The number of nitrogens with one attached hydrogen (secondary N) is 1. The molecule has 0 saturated carbocycles. The minimum atomic E-state index is -4.36. The number of nitrogens with zero attached hydrogens (tertiary/aromatic N) is 3. The minimum Gasteiger partial charge on any atom is -0.369 e. The second-order valence-corrected chi connectivity index (χ2v) is 7.23. The van der Waals surface area contributed by atoms with Crippen molar-refractivity contribution in [3.05, 3.63) is 16.7 Å². The number of halogens is 1. The van der Waals surface area contributed by atoms with Gasteiger partial charge in [-0.2, -0.15) is 4.98 Å². The fourth-order valence-corrected chi connectivity index (χ4v) is 3.63. The molecule has 0 aromatic carbocycles. The molecule has 1 aliphatic rings. The first-order valence-corrected chi connectivity index (χ1v) is 8.43. The van der Waals surface area contributed by atoms with Crippen LogP contribution < -0.4 is 11.3 Å². The number of nitrogens with two attached hydrogens (primary N) is 1. The predicted octanol–water partition coefficient (Wildman–Crippen LogP) is -0.193. The van der Waals surface area contributed by atoms with Crippen LogP contribution in [0.1, 0.15) is 6.42 Å². The van der Waals surface area contributed by atoms with Crippen molar-refractivity contribution in [2.24, 2.45) is 5.92 Å². The first kappa shape index (κ1) is 15.4. The number of aromatic nitrogens is 4. The summed E-state index contributed by atoms with van der Waals surface area (Å²) in [6, 6.07) is 0. The van der Waals surface area contributed by atoms with Crippen molar-refractivity contribution in [3.8, 4) is 0 Å². The van der Waals surface area contributed by atoms with Crippen molar-refractivity contribution in [1.29, 1.82) is 0 Å². The summed E-state index contributed by atoms with van der Waals surface area (Å²) in [5.41, 5.74) is 4.61. The zero-order valence-electron chi connectivity index (χ0n) is 11.1. The highest BCUT2D eigenvalue weighted by Gasteiger charge is 2.43. The van der Waals surface area contributed by atoms with Crippen molar-refractivity contribution in [2.75, 3.05) is 5.73 Å². The molecule has 120 valence electrons. The predicted molar refractivity (Wildman–Crippen MR) is 77.2 cm³/mol. The largest absolute Gasteiger partial charge is 0.369 e. The van der Waals surface area contributed by atoms with E-state index < -0.39 is 24.6 Å². The van der Waals surface area contributed by atoms with Gasteiger partial charge in [-0.05, 0) is 6.42 Å². The van der Waals surface area contributed by atoms with Crippen LogP contribution in [-0.2, 0) is 15.8 Å². The van der Waals surface area contributed by atoms with Crippen LogP contribution in [-0.4, -0.2) is 40.7 Å². The van der Waals surface area contributed by atoms with Gasteiger partial charge in [-0.3, -0.25) is 14.3 Å². The molecule has 10 nitrogen and oxygen atoms in total. The molecule has 3 atom stereocenters. The molecule has 2 aromatic heterocycles. The third-order valence-corrected chi connectivity index (χ3v) is 5.00. The summed E-state index contributed by atoms with van der Waals surface area (Å²) in [4.78, 5) is 40.3. The van der Waals surface area contributed by atoms with E-state index in [1.54, 1.807) is 4.57 Å². The molecule has 22 heavy (non-hydrogen) atoms. The van der Waals surface area contributed by atoms with E-state index in [9.17, 15) is 9.36 Å². The van der Waals surface area contributed by atoms with Crippen LogP contribution in [0.4, 0.5) is 5.95 Å². The Morgan fingerprint density at radius 3 is 2.95 bits per heavy atom. The number of hydrogen-bond donors (Lipinski definition) is 4. The molecule has 0 radical (unpaired) electrons. The first-order valence-electron chi connectivity index (χ1n) is 6.31. The number of hydrogen-bond acceptors (Lipinski definition) is 6. The summed E-state index contributed by atoms with van der Waals surface area (Å²) in [5.74, 6) is -1.63. The van der Waals surface area contributed by atoms with E-state index in [-0.39, 0.29) is 36.0 Å². The number of nitrogen functional groups attached to an aromatic ring is 1. The molecule has 1 fully saturated rings. The van der Waals surface area contributed by atoms with Crippen LogP contribution >= 0.6 is 19.2 Å². The van der Waals surface area contributed by atoms with Gasteiger partial charge >= 0.3 is 7.60 Å². The van der Waals surface area contributed by atoms with Gasteiger partial charge in [0, 0.05) is 12.5 Å². The highest BCUT2D eigenvalue weighted by Crippen LogP contribution is 2.50. The lowest BCUT2D eigenvalue weighted by atomic mass is 10.1. The Morgan fingerprint density at radius 1 is 1.59 bits per heavy atom. The molecular weight excluding hydrogens is 337 g/mol. The van der Waals surface area contributed by atoms with E-state index in [0.29, 0.717) is 0 Å². The number of fused-ring (bicyclic) bond motifs is 1. The Balaban J connectivity index is 1.88. The molecular formula is C10H13ClN5O5P. The Hall–Kier alpha value is -1.45. The summed E-state index contributed by atoms with van der Waals surface area (Å²) in [5, 5.41) is 0. The summed E-state index contributed by atoms with van der Waals surface area (Å²) < 4.78 is 17.9. The lowest BCUT2D eigenvalue weighted by molar-refractivity contribution is 0.107. The zero-order chi connectivity index (χ0) is 16.1. The molecule has 2 aromatic rings. The normalized spacial score (nSPS) is 25.9. The standard InChI is InChI=1S/C10H13ClN5O5P/c11-7-4(1-5(21-7)22(18,19)20)2-16-3-13-6-8(16)14-10(12)15-9(6)17/h3-5,7H,1-2H2,(H2,18,19,20)(H3,12,14,15,17)/t4-,5+,7+/m1/s1. The second kappa shape index (κ2) is 5.32. The van der Waals surface area contributed by atoms with E-state index in [0.717, 1.165) is 0 Å². The average molecular weight is 350 g/mol. The maximum Gasteiger partial charge on any atom is 0.354 e. The maximum absolute atomic E-state index is 11.7. The van der Waals surface area contributed by atoms with Gasteiger partial charge in [0.1, 0.15) is 5.56 Å². The number of rotatable bonds is 3. The summed E-state index contributed by atoms with van der Waals surface area (Å²) in [6.45, 7) is 0.247. The number of aromatic amines is 1. The Kier molecular flexibility index (Phi) is 3.74. The van der Waals surface area contributed by atoms with Gasteiger partial charge in [0.05, 0.1) is 6.33 Å². The molecule has 0 bridgehead atoms. The van der Waals surface area contributed by atoms with E-state index in [1.807, 2.05) is 0 Å². The van der Waals surface area contributed by atoms with Crippen LogP contribution in [0, 0.1) is 5.92 Å². The summed E-state index contributed by atoms with van der Waals surface area (Å²) >= 11 is 6.00. The average Bonchev–Trinajstić information content (AvgIpc) is 2.95. The van der Waals surface area contributed by atoms with E-state index >= 15 is 0 Å². The second-order valence-electron chi connectivity index (χ2n) is 5.05. The van der Waals surface area contributed by atoms with Crippen LogP contribution in [0.15, 0.2) is 11.1 Å². The van der Waals surface area contributed by atoms with Crippen molar-refractivity contribution < 1.29 is 19.1 Å². The Morgan fingerprint density at radius 2 is 2.32 bits per heavy atom. The molecule has 12 heteroatoms. The molecule has 3 heterocycles. The molecule has 0 amide bonds. The fraction of sp³-hybridized carbons (Fsp3) is 0.500. The van der Waals surface area contributed by atoms with Crippen molar-refractivity contribution in [1.82, 2.24) is 19.5 Å². The monoisotopic (exact) mass is 349 g/mol. The third-order valence-electron chi connectivity index (χ3n) is 3.46. The van der Waals surface area contributed by atoms with Gasteiger partial charge < -0.3 is 24.8 Å². The molecule has 1 saturated heterocycles. The number of alkyl halides is 1. The molecule has 0 aliphatic carbocycles. The topological polar surface area (TPSA) is 156 Å². The van der Waals surface area contributed by atoms with Crippen LogP contribution in [0.3, 0.4) is 0 Å². The number of imidazole rings is 1. The molecule has 5 N–H and O–H groups in total. The van der Waals surface area contributed by atoms with Gasteiger partial charge in [-0.25, -0.2) is 4.98 Å². The molecule has 3 rings (SSSR count). The lowest BCUT2D eigenvalue weighted by Crippen LogP contribution is -2.17. The molecule has 0 spiro atoms. The van der Waals surface area contributed by atoms with Crippen LogP contribution in [0.5, 0.6) is 0 Å². The fourth-order valence-electron chi connectivity index (χ4n) is 2.41. The molecule has 1 aliphatic heterocycles. The smallest absolute Gasteiger partial charge is 0.354 e. The zero-order valence-corrected chi connectivity index (χ0v) is 12.7. The van der Waals surface area contributed by atoms with Gasteiger partial charge in [0.25, 0.3) is 5.56 Å². The van der Waals surface area contributed by atoms with Gasteiger partial charge in [-0.1, -0.05) is 11.6 Å². The van der Waals surface area contributed by atoms with E-state index in [2.05, 4.69) is 15.0 Å². The van der Waals surface area contributed by atoms with Gasteiger partial charge in [-0.15, -0.1) is 0 Å². The van der Waals surface area contributed by atoms with Crippen molar-refractivity contribution in [3.63, 3.8) is 0 Å². The number of anilines is 1. The van der Waals surface area contributed by atoms with Crippen LogP contribution in [0.25, 0.3) is 11.2 Å². The third kappa shape index (κ3) is 2.75. The summed E-state index contributed by atoms with van der Waals surface area (Å²) in [7, 11) is -4.36. The maximum atomic E-state index is 11.7. The van der Waals surface area contributed by atoms with E-state index in [4.69, 9.17) is 31.9 Å². The van der Waals surface area contributed by atoms with Crippen molar-refractivity contribution in [2.45, 2.75) is 24.4 Å². The van der Waals surface area contributed by atoms with Gasteiger partial charge in [0.2, 0.25) is 5.95 Å². The SMILES string of the molecule is Nc1nc2c(ncn2C[C@H]2C[C@H](P(=O)(O)O)O[C@@H]2Cl)c(=O)[nH]1. The highest BCUT2D eigenvalue weighted by molar-refractivity contribution is 7.52. The highest BCUT2D eigenvalue weighted by atomic mass is 35.5.